The van der Waals surface area contributed by atoms with Crippen LogP contribution in [0.15, 0.2) is 392 Å². The van der Waals surface area contributed by atoms with E-state index in [1.165, 1.54) is 65.0 Å². The van der Waals surface area contributed by atoms with Crippen molar-refractivity contribution in [1.82, 2.24) is 0 Å². The summed E-state index contributed by atoms with van der Waals surface area (Å²) in [7, 11) is 0. The van der Waals surface area contributed by atoms with E-state index in [2.05, 4.69) is 409 Å². The number of nitrogens with zero attached hydrogens (tertiary/aromatic N) is 4. The number of rotatable bonds is 13. The lowest BCUT2D eigenvalue weighted by atomic mass is 9.31. The summed E-state index contributed by atoms with van der Waals surface area (Å²) in [5, 5.41) is 0. The Balaban J connectivity index is 0.826. The molecular weight excluding hydrogens is 1290 g/mol. The average Bonchev–Trinajstić information content (AvgIpc) is 0.690. The molecule has 4 aliphatic heterocycles. The first kappa shape index (κ1) is 61.8. The molecule has 5 nitrogen and oxygen atoms in total. The molecule has 0 aromatic heterocycles. The van der Waals surface area contributed by atoms with E-state index in [0.29, 0.717) is 0 Å². The second-order valence-electron chi connectivity index (χ2n) is 27.5. The van der Waals surface area contributed by atoms with Gasteiger partial charge in [-0.2, -0.15) is 0 Å². The van der Waals surface area contributed by atoms with E-state index in [1.54, 1.807) is 0 Å². The van der Waals surface area contributed by atoms with Gasteiger partial charge in [-0.1, -0.05) is 296 Å². The molecule has 20 rings (SSSR count). The first-order chi connectivity index (χ1) is 52.0. The normalized spacial score (nSPS) is 12.6. The van der Waals surface area contributed by atoms with Crippen LogP contribution in [-0.2, 0) is 0 Å². The molecule has 0 bridgehead atoms. The summed E-state index contributed by atoms with van der Waals surface area (Å²) < 4.78 is 7.49. The van der Waals surface area contributed by atoms with Crippen molar-refractivity contribution < 1.29 is 4.74 Å². The summed E-state index contributed by atoms with van der Waals surface area (Å²) in [6.45, 7) is 1.94. The maximum Gasteiger partial charge on any atom is 0.256 e. The fourth-order valence-corrected chi connectivity index (χ4v) is 17.9. The molecule has 0 N–H and O–H groups in total. The Labute approximate surface area is 618 Å². The van der Waals surface area contributed by atoms with Gasteiger partial charge in [0.05, 0.1) is 11.4 Å². The summed E-state index contributed by atoms with van der Waals surface area (Å²) in [5.74, 6) is 1.68. The largest absolute Gasteiger partial charge is 0.458 e. The van der Waals surface area contributed by atoms with Gasteiger partial charge in [0, 0.05) is 78.3 Å². The third-order valence-electron chi connectivity index (χ3n) is 21.5. The number of hydrogen-bond acceptors (Lipinski definition) is 6. The smallest absolute Gasteiger partial charge is 0.256 e. The highest BCUT2D eigenvalue weighted by Crippen LogP contribution is 2.52. The molecule has 4 heterocycles. The topological polar surface area (TPSA) is 22.2 Å². The van der Waals surface area contributed by atoms with E-state index >= 15 is 0 Å². The molecule has 0 unspecified atom stereocenters. The van der Waals surface area contributed by atoms with Crippen LogP contribution in [-0.4, -0.2) is 13.4 Å². The second-order valence-corrected chi connectivity index (χ2v) is 28.6. The molecule has 0 fully saturated rings. The van der Waals surface area contributed by atoms with E-state index in [9.17, 15) is 0 Å². The fraction of sp³-hybridized carbons (Fsp3) is 0.0103. The van der Waals surface area contributed by atoms with Crippen LogP contribution in [0.25, 0.3) is 55.6 Å². The zero-order valence-electron chi connectivity index (χ0n) is 57.6. The minimum atomic E-state index is -0.207. The maximum atomic E-state index is 7.49. The van der Waals surface area contributed by atoms with Crippen LogP contribution in [0, 0.1) is 6.92 Å². The Kier molecular flexibility index (Phi) is 15.2. The predicted octanol–water partition coefficient (Wildman–Crippen LogP) is 22.4. The molecule has 0 atom stereocenters. The highest BCUT2D eigenvalue weighted by atomic mass is 32.2. The molecule has 0 spiro atoms. The Morgan fingerprint density at radius 3 is 1.20 bits per heavy atom. The van der Waals surface area contributed by atoms with Crippen molar-refractivity contribution >= 4 is 126 Å². The molecule has 0 aliphatic carbocycles. The highest BCUT2D eigenvalue weighted by molar-refractivity contribution is 8.00. The Hall–Kier alpha value is -13.0. The number of benzene rings is 16. The Morgan fingerprint density at radius 1 is 0.267 bits per heavy atom. The van der Waals surface area contributed by atoms with Gasteiger partial charge in [0.2, 0.25) is 6.71 Å². The van der Waals surface area contributed by atoms with E-state index in [1.807, 2.05) is 11.8 Å². The fourth-order valence-electron chi connectivity index (χ4n) is 16.6. The summed E-state index contributed by atoms with van der Waals surface area (Å²) in [6, 6.07) is 141. The SMILES string of the molecule is Cc1cccc(-c2ccccc2)c1N1c2cc3c(cc2B2c4ccccc4Oc4cc(N(c5ccc(-c6ccccc6)cc5)c5ccc(-c6ccccc6)cc5)cc1c42)B1c2ccccc2N(c2ccccc2)c2cc(N(c4ccc(-c5ccccc5)cc4)c4ccc(-c5ccccc5)cc4)cc(c21)S3. The third kappa shape index (κ3) is 10.7. The molecule has 16 aromatic carbocycles. The number of para-hydroxylation sites is 4. The van der Waals surface area contributed by atoms with E-state index in [0.717, 1.165) is 118 Å². The number of ether oxygens (including phenoxy) is 1. The van der Waals surface area contributed by atoms with Crippen LogP contribution in [0.5, 0.6) is 11.5 Å². The molecular formula is C97H66B2N4OS. The van der Waals surface area contributed by atoms with Crippen molar-refractivity contribution in [3.05, 3.63) is 388 Å². The third-order valence-corrected chi connectivity index (χ3v) is 22.6. The van der Waals surface area contributed by atoms with Crippen molar-refractivity contribution in [2.75, 3.05) is 19.6 Å². The van der Waals surface area contributed by atoms with Gasteiger partial charge < -0.3 is 24.3 Å². The van der Waals surface area contributed by atoms with Gasteiger partial charge >= 0.3 is 0 Å². The minimum Gasteiger partial charge on any atom is -0.458 e. The summed E-state index contributed by atoms with van der Waals surface area (Å²) in [4.78, 5) is 12.4. The van der Waals surface area contributed by atoms with Crippen LogP contribution in [0.4, 0.5) is 68.2 Å². The molecule has 0 saturated carbocycles. The number of anilines is 12. The van der Waals surface area contributed by atoms with Gasteiger partial charge in [-0.05, 0) is 187 Å². The quantitative estimate of drug-likeness (QED) is 0.107. The van der Waals surface area contributed by atoms with E-state index in [4.69, 9.17) is 4.74 Å². The van der Waals surface area contributed by atoms with Gasteiger partial charge in [0.15, 0.2) is 0 Å². The number of fused-ring (bicyclic) bond motifs is 8. The molecule has 0 amide bonds. The molecule has 16 aromatic rings. The van der Waals surface area contributed by atoms with Crippen LogP contribution < -0.4 is 57.1 Å². The van der Waals surface area contributed by atoms with E-state index in [-0.39, 0.29) is 13.4 Å². The number of aryl methyl sites for hydroxylation is 1. The first-order valence-corrected chi connectivity index (χ1v) is 36.9. The van der Waals surface area contributed by atoms with Crippen LogP contribution >= 0.6 is 11.8 Å². The lowest BCUT2D eigenvalue weighted by Crippen LogP contribution is -2.63. The zero-order valence-corrected chi connectivity index (χ0v) is 58.4. The maximum absolute atomic E-state index is 7.49. The van der Waals surface area contributed by atoms with Gasteiger partial charge in [-0.25, -0.2) is 0 Å². The summed E-state index contributed by atoms with van der Waals surface area (Å²) in [6.07, 6.45) is 0. The van der Waals surface area contributed by atoms with Crippen molar-refractivity contribution in [1.29, 1.82) is 0 Å². The van der Waals surface area contributed by atoms with Crippen LogP contribution in [0.1, 0.15) is 5.56 Å². The molecule has 492 valence electrons. The van der Waals surface area contributed by atoms with Crippen molar-refractivity contribution in [3.63, 3.8) is 0 Å². The van der Waals surface area contributed by atoms with Gasteiger partial charge in [0.1, 0.15) is 11.5 Å². The average molecular weight is 1360 g/mol. The zero-order chi connectivity index (χ0) is 69.5. The minimum absolute atomic E-state index is 0.134. The monoisotopic (exact) mass is 1360 g/mol. The van der Waals surface area contributed by atoms with Crippen LogP contribution in [0.3, 0.4) is 0 Å². The lowest BCUT2D eigenvalue weighted by molar-refractivity contribution is 0.487. The predicted molar refractivity (Wildman–Crippen MR) is 443 cm³/mol. The second kappa shape index (κ2) is 25.8. The molecule has 105 heavy (non-hydrogen) atoms. The van der Waals surface area contributed by atoms with Gasteiger partial charge in [0.25, 0.3) is 6.71 Å². The molecule has 0 radical (unpaired) electrons. The summed E-state index contributed by atoms with van der Waals surface area (Å²) >= 11 is 1.90. The number of hydrogen-bond donors (Lipinski definition) is 0. The highest BCUT2D eigenvalue weighted by Gasteiger charge is 2.47. The first-order valence-electron chi connectivity index (χ1n) is 36.1. The standard InChI is InChI=1S/C97H66B2N4OS/c1-65-25-24-38-82(74-34-16-6-17-35-74)97(65)103-88-64-93-86(63-85(88)99-84-40-21-23-42-91(84)104-92-61-80(59-89(103)95(92)99)100(76-51-43-70(44-52-76)66-26-8-2-9-27-66)77-53-45-71(46-54-77)67-28-10-3-11-29-67)98-83-39-20-22-41-87(83)102(75-36-18-7-19-37-75)90-60-81(62-94(105-93)96(90)98)101(78-55-47-72(48-56-78)68-30-12-4-13-31-68)79-57-49-73(50-58-79)69-32-14-5-15-33-69/h2-64H,1H3. The Bertz CT molecular complexity index is 5810. The summed E-state index contributed by atoms with van der Waals surface area (Å²) in [5.41, 5.74) is 33.1. The van der Waals surface area contributed by atoms with Gasteiger partial charge in [-0.15, -0.1) is 0 Å². The lowest BCUT2D eigenvalue weighted by Gasteiger charge is -2.44. The Morgan fingerprint density at radius 2 is 0.686 bits per heavy atom. The van der Waals surface area contributed by atoms with Crippen molar-refractivity contribution in [2.24, 2.45) is 0 Å². The van der Waals surface area contributed by atoms with Gasteiger partial charge in [-0.3, -0.25) is 0 Å². The molecule has 0 saturated heterocycles. The van der Waals surface area contributed by atoms with Crippen molar-refractivity contribution in [2.45, 2.75) is 16.7 Å². The molecule has 4 aliphatic rings. The van der Waals surface area contributed by atoms with E-state index < -0.39 is 0 Å². The van der Waals surface area contributed by atoms with Crippen molar-refractivity contribution in [3.8, 4) is 67.1 Å². The molecule has 8 heteroatoms. The van der Waals surface area contributed by atoms with Crippen LogP contribution in [0.2, 0.25) is 0 Å².